The van der Waals surface area contributed by atoms with Crippen molar-refractivity contribution in [1.29, 1.82) is 0 Å². The van der Waals surface area contributed by atoms with E-state index in [-0.39, 0.29) is 6.61 Å². The highest BCUT2D eigenvalue weighted by atomic mass is 16.5. The summed E-state index contributed by atoms with van der Waals surface area (Å²) < 4.78 is 11.3. The van der Waals surface area contributed by atoms with Crippen LogP contribution in [0.2, 0.25) is 0 Å². The third-order valence-corrected chi connectivity index (χ3v) is 5.43. The van der Waals surface area contributed by atoms with Crippen LogP contribution in [0.5, 0.6) is 5.75 Å². The van der Waals surface area contributed by atoms with Crippen LogP contribution >= 0.6 is 0 Å². The van der Waals surface area contributed by atoms with Crippen molar-refractivity contribution in [3.05, 3.63) is 46.7 Å². The molecule has 0 saturated carbocycles. The van der Waals surface area contributed by atoms with Gasteiger partial charge in [0.2, 0.25) is 0 Å². The quantitative estimate of drug-likeness (QED) is 0.805. The van der Waals surface area contributed by atoms with Crippen molar-refractivity contribution in [2.45, 2.75) is 46.3 Å². The van der Waals surface area contributed by atoms with Gasteiger partial charge in [0.05, 0.1) is 19.3 Å². The molecule has 0 radical (unpaired) electrons. The molecule has 27 heavy (non-hydrogen) atoms. The first kappa shape index (κ1) is 19.9. The highest BCUT2D eigenvalue weighted by molar-refractivity contribution is 5.41. The van der Waals surface area contributed by atoms with E-state index < -0.39 is 0 Å². The normalized spacial score (nSPS) is 18.8. The van der Waals surface area contributed by atoms with E-state index in [0.29, 0.717) is 6.04 Å². The SMILES string of the molecule is COc1c(C)cnc(CN2CCN(Cc3ccc(C)o3)C(CCO)C2)c1C. The fraction of sp³-hybridized carbons (Fsp3) is 0.571. The lowest BCUT2D eigenvalue weighted by Gasteiger charge is -2.41. The van der Waals surface area contributed by atoms with Crippen LogP contribution in [-0.2, 0) is 13.1 Å². The third kappa shape index (κ3) is 4.69. The molecule has 0 amide bonds. The van der Waals surface area contributed by atoms with Crippen LogP contribution in [0.15, 0.2) is 22.7 Å². The zero-order chi connectivity index (χ0) is 19.4. The molecular formula is C21H31N3O3. The highest BCUT2D eigenvalue weighted by Crippen LogP contribution is 2.26. The van der Waals surface area contributed by atoms with E-state index in [9.17, 15) is 5.11 Å². The molecule has 6 nitrogen and oxygen atoms in total. The molecule has 6 heteroatoms. The number of hydrogen-bond donors (Lipinski definition) is 1. The Kier molecular flexibility index (Phi) is 6.52. The number of aliphatic hydroxyl groups excluding tert-OH is 1. The topological polar surface area (TPSA) is 62.0 Å². The zero-order valence-corrected chi connectivity index (χ0v) is 16.9. The highest BCUT2D eigenvalue weighted by Gasteiger charge is 2.28. The van der Waals surface area contributed by atoms with Crippen LogP contribution in [-0.4, -0.2) is 59.3 Å². The first-order valence-corrected chi connectivity index (χ1v) is 9.63. The molecular weight excluding hydrogens is 342 g/mol. The molecule has 1 N–H and O–H groups in total. The van der Waals surface area contributed by atoms with Crippen LogP contribution in [0.4, 0.5) is 0 Å². The van der Waals surface area contributed by atoms with Gasteiger partial charge in [-0.2, -0.15) is 0 Å². The molecule has 1 atom stereocenters. The average Bonchev–Trinajstić information content (AvgIpc) is 3.05. The van der Waals surface area contributed by atoms with Gasteiger partial charge in [0, 0.05) is 56.2 Å². The predicted molar refractivity (Wildman–Crippen MR) is 105 cm³/mol. The lowest BCUT2D eigenvalue weighted by Crippen LogP contribution is -2.52. The Morgan fingerprint density at radius 2 is 2.04 bits per heavy atom. The van der Waals surface area contributed by atoms with E-state index >= 15 is 0 Å². The lowest BCUT2D eigenvalue weighted by molar-refractivity contribution is 0.0447. The van der Waals surface area contributed by atoms with E-state index in [4.69, 9.17) is 9.15 Å². The summed E-state index contributed by atoms with van der Waals surface area (Å²) in [5, 5.41) is 9.53. The number of aliphatic hydroxyl groups is 1. The maximum Gasteiger partial charge on any atom is 0.128 e. The van der Waals surface area contributed by atoms with E-state index in [1.807, 2.05) is 32.2 Å². The van der Waals surface area contributed by atoms with Gasteiger partial charge in [-0.15, -0.1) is 0 Å². The molecule has 148 valence electrons. The van der Waals surface area contributed by atoms with Gasteiger partial charge in [-0.25, -0.2) is 0 Å². The Morgan fingerprint density at radius 1 is 1.22 bits per heavy atom. The minimum Gasteiger partial charge on any atom is -0.496 e. The Morgan fingerprint density at radius 3 is 2.70 bits per heavy atom. The van der Waals surface area contributed by atoms with E-state index in [2.05, 4.69) is 21.7 Å². The average molecular weight is 373 g/mol. The Bertz CT molecular complexity index is 759. The molecule has 1 aliphatic rings. The summed E-state index contributed by atoms with van der Waals surface area (Å²) in [6, 6.07) is 4.36. The van der Waals surface area contributed by atoms with Crippen molar-refractivity contribution in [3.8, 4) is 5.75 Å². The largest absolute Gasteiger partial charge is 0.496 e. The summed E-state index contributed by atoms with van der Waals surface area (Å²) in [6.45, 7) is 10.7. The molecule has 1 aliphatic heterocycles. The Labute approximate surface area is 161 Å². The minimum atomic E-state index is 0.196. The van der Waals surface area contributed by atoms with Crippen molar-refractivity contribution < 1.29 is 14.3 Å². The number of aryl methyl sites for hydroxylation is 2. The standard InChI is InChI=1S/C21H31N3O3/c1-15-11-22-20(17(3)21(15)26-4)14-23-8-9-24(18(12-23)7-10-25)13-19-6-5-16(2)27-19/h5-6,11,18,25H,7-10,12-14H2,1-4H3. The van der Waals surface area contributed by atoms with E-state index in [1.165, 1.54) is 0 Å². The maximum atomic E-state index is 9.53. The summed E-state index contributed by atoms with van der Waals surface area (Å²) in [5.74, 6) is 2.86. The van der Waals surface area contributed by atoms with Crippen LogP contribution in [0.1, 0.15) is 34.8 Å². The van der Waals surface area contributed by atoms with Gasteiger partial charge in [0.1, 0.15) is 17.3 Å². The monoisotopic (exact) mass is 373 g/mol. The molecule has 2 aromatic rings. The molecule has 0 aliphatic carbocycles. The summed E-state index contributed by atoms with van der Waals surface area (Å²) >= 11 is 0. The van der Waals surface area contributed by atoms with Crippen LogP contribution in [0.25, 0.3) is 0 Å². The zero-order valence-electron chi connectivity index (χ0n) is 16.9. The van der Waals surface area contributed by atoms with Gasteiger partial charge in [0.15, 0.2) is 0 Å². The number of pyridine rings is 1. The van der Waals surface area contributed by atoms with Gasteiger partial charge >= 0.3 is 0 Å². The molecule has 1 unspecified atom stereocenters. The Hall–Kier alpha value is -1.89. The number of nitrogens with zero attached hydrogens (tertiary/aromatic N) is 3. The maximum absolute atomic E-state index is 9.53. The van der Waals surface area contributed by atoms with Crippen LogP contribution in [0, 0.1) is 20.8 Å². The smallest absolute Gasteiger partial charge is 0.128 e. The number of ether oxygens (including phenoxy) is 1. The summed E-state index contributed by atoms with van der Waals surface area (Å²) in [7, 11) is 1.71. The third-order valence-electron chi connectivity index (χ3n) is 5.43. The van der Waals surface area contributed by atoms with E-state index in [0.717, 1.165) is 73.2 Å². The number of methoxy groups -OCH3 is 1. The van der Waals surface area contributed by atoms with Crippen LogP contribution < -0.4 is 4.74 Å². The van der Waals surface area contributed by atoms with Crippen molar-refractivity contribution in [2.24, 2.45) is 0 Å². The minimum absolute atomic E-state index is 0.196. The molecule has 0 aromatic carbocycles. The second kappa shape index (κ2) is 8.87. The van der Waals surface area contributed by atoms with Crippen molar-refractivity contribution in [2.75, 3.05) is 33.4 Å². The second-order valence-electron chi connectivity index (χ2n) is 7.43. The van der Waals surface area contributed by atoms with Gasteiger partial charge in [0.25, 0.3) is 0 Å². The predicted octanol–water partition coefficient (Wildman–Crippen LogP) is 2.68. The molecule has 0 bridgehead atoms. The molecule has 1 fully saturated rings. The number of aromatic nitrogens is 1. The summed E-state index contributed by atoms with van der Waals surface area (Å²) in [4.78, 5) is 9.48. The lowest BCUT2D eigenvalue weighted by atomic mass is 10.1. The second-order valence-corrected chi connectivity index (χ2v) is 7.43. The summed E-state index contributed by atoms with van der Waals surface area (Å²) in [6.07, 6.45) is 2.65. The number of furan rings is 1. The first-order chi connectivity index (χ1) is 13.0. The number of rotatable bonds is 7. The molecule has 3 heterocycles. The number of hydrogen-bond acceptors (Lipinski definition) is 6. The Balaban J connectivity index is 1.67. The molecule has 3 rings (SSSR count). The van der Waals surface area contributed by atoms with Crippen molar-refractivity contribution in [1.82, 2.24) is 14.8 Å². The van der Waals surface area contributed by atoms with Crippen molar-refractivity contribution >= 4 is 0 Å². The number of piperazine rings is 1. The van der Waals surface area contributed by atoms with Gasteiger partial charge in [-0.1, -0.05) is 0 Å². The van der Waals surface area contributed by atoms with Crippen LogP contribution in [0.3, 0.4) is 0 Å². The van der Waals surface area contributed by atoms with Gasteiger partial charge in [-0.3, -0.25) is 14.8 Å². The van der Waals surface area contributed by atoms with Gasteiger partial charge in [-0.05, 0) is 39.3 Å². The van der Waals surface area contributed by atoms with Gasteiger partial charge < -0.3 is 14.3 Å². The molecule has 1 saturated heterocycles. The fourth-order valence-electron chi connectivity index (χ4n) is 3.94. The first-order valence-electron chi connectivity index (χ1n) is 9.63. The fourth-order valence-corrected chi connectivity index (χ4v) is 3.94. The summed E-state index contributed by atoms with van der Waals surface area (Å²) in [5.41, 5.74) is 3.25. The van der Waals surface area contributed by atoms with Crippen molar-refractivity contribution in [3.63, 3.8) is 0 Å². The van der Waals surface area contributed by atoms with E-state index in [1.54, 1.807) is 7.11 Å². The molecule has 0 spiro atoms. The molecule has 2 aromatic heterocycles.